The summed E-state index contributed by atoms with van der Waals surface area (Å²) < 4.78 is 8.45. The van der Waals surface area contributed by atoms with Gasteiger partial charge < -0.3 is 14.4 Å². The van der Waals surface area contributed by atoms with Crippen molar-refractivity contribution in [1.82, 2.24) is 4.57 Å². The number of halogens is 1. The Labute approximate surface area is 132 Å². The van der Waals surface area contributed by atoms with Crippen LogP contribution >= 0.6 is 15.9 Å². The lowest BCUT2D eigenvalue weighted by Crippen LogP contribution is -2.17. The lowest BCUT2D eigenvalue weighted by atomic mass is 10.2. The molecule has 5 heteroatoms. The summed E-state index contributed by atoms with van der Waals surface area (Å²) in [6.45, 7) is 1.03. The number of hydrogen-bond acceptors (Lipinski definition) is 3. The lowest BCUT2D eigenvalue weighted by molar-refractivity contribution is 0.0802. The van der Waals surface area contributed by atoms with E-state index in [0.29, 0.717) is 25.3 Å². The Balaban J connectivity index is 2.00. The number of hydrogen-bond donors (Lipinski definition) is 1. The average molecular weight is 349 g/mol. The third kappa shape index (κ3) is 4.43. The maximum atomic E-state index is 9.22. The third-order valence-corrected chi connectivity index (χ3v) is 3.64. The Kier molecular flexibility index (Phi) is 6.00. The van der Waals surface area contributed by atoms with E-state index in [1.165, 1.54) is 0 Å². The normalized spacial score (nSPS) is 12.0. The monoisotopic (exact) mass is 348 g/mol. The molecule has 0 saturated heterocycles. The van der Waals surface area contributed by atoms with Gasteiger partial charge in [0.15, 0.2) is 0 Å². The van der Waals surface area contributed by atoms with Crippen molar-refractivity contribution in [3.8, 4) is 6.07 Å². The van der Waals surface area contributed by atoms with Crippen LogP contribution in [0.5, 0.6) is 0 Å². The fourth-order valence-corrected chi connectivity index (χ4v) is 2.61. The van der Waals surface area contributed by atoms with Crippen molar-refractivity contribution in [2.24, 2.45) is 0 Å². The van der Waals surface area contributed by atoms with Crippen LogP contribution in [-0.4, -0.2) is 22.9 Å². The van der Waals surface area contributed by atoms with E-state index in [4.69, 9.17) is 10.00 Å². The maximum absolute atomic E-state index is 9.22. The van der Waals surface area contributed by atoms with Crippen molar-refractivity contribution in [1.29, 1.82) is 5.26 Å². The van der Waals surface area contributed by atoms with Crippen LogP contribution in [0.4, 0.5) is 0 Å². The molecule has 4 nitrogen and oxygen atoms in total. The van der Waals surface area contributed by atoms with E-state index in [1.54, 1.807) is 6.07 Å². The first-order chi connectivity index (χ1) is 10.2. The predicted molar refractivity (Wildman–Crippen MR) is 83.7 cm³/mol. The van der Waals surface area contributed by atoms with E-state index in [-0.39, 0.29) is 12.6 Å². The molecule has 1 aromatic carbocycles. The third-order valence-electron chi connectivity index (χ3n) is 3.21. The molecule has 0 saturated carbocycles. The zero-order valence-corrected chi connectivity index (χ0v) is 13.2. The number of aliphatic hydroxyl groups excluding tert-OH is 1. The van der Waals surface area contributed by atoms with Gasteiger partial charge in [-0.1, -0.05) is 30.3 Å². The lowest BCUT2D eigenvalue weighted by Gasteiger charge is -2.19. The highest BCUT2D eigenvalue weighted by atomic mass is 79.9. The summed E-state index contributed by atoms with van der Waals surface area (Å²) in [4.78, 5) is 0. The summed E-state index contributed by atoms with van der Waals surface area (Å²) in [5.74, 6) is 0. The SMILES string of the molecule is N#Cc1cc(Br)cn1[C@@H](CCO)COCc1ccccc1. The van der Waals surface area contributed by atoms with Gasteiger partial charge in [0.1, 0.15) is 11.8 Å². The van der Waals surface area contributed by atoms with Crippen LogP contribution in [0.1, 0.15) is 23.7 Å². The molecule has 2 aromatic rings. The van der Waals surface area contributed by atoms with Gasteiger partial charge in [0, 0.05) is 17.3 Å². The molecular weight excluding hydrogens is 332 g/mol. The molecule has 0 radical (unpaired) electrons. The minimum Gasteiger partial charge on any atom is -0.396 e. The van der Waals surface area contributed by atoms with E-state index >= 15 is 0 Å². The fraction of sp³-hybridized carbons (Fsp3) is 0.312. The van der Waals surface area contributed by atoms with E-state index in [9.17, 15) is 5.11 Å². The smallest absolute Gasteiger partial charge is 0.121 e. The highest BCUT2D eigenvalue weighted by Crippen LogP contribution is 2.22. The Morgan fingerprint density at radius 3 is 2.76 bits per heavy atom. The zero-order valence-electron chi connectivity index (χ0n) is 11.6. The molecule has 0 bridgehead atoms. The largest absolute Gasteiger partial charge is 0.396 e. The molecule has 1 atom stereocenters. The van der Waals surface area contributed by atoms with Crippen molar-refractivity contribution in [2.75, 3.05) is 13.2 Å². The molecule has 1 heterocycles. The summed E-state index contributed by atoms with van der Waals surface area (Å²) >= 11 is 3.37. The maximum Gasteiger partial charge on any atom is 0.121 e. The number of rotatable bonds is 7. The topological polar surface area (TPSA) is 58.2 Å². The van der Waals surface area contributed by atoms with E-state index < -0.39 is 0 Å². The first-order valence-electron chi connectivity index (χ1n) is 6.74. The van der Waals surface area contributed by atoms with Gasteiger partial charge in [-0.2, -0.15) is 5.26 Å². The molecule has 21 heavy (non-hydrogen) atoms. The van der Waals surface area contributed by atoms with Crippen LogP contribution in [-0.2, 0) is 11.3 Å². The summed E-state index contributed by atoms with van der Waals surface area (Å²) in [5, 5.41) is 18.4. The standard InChI is InChI=1S/C16H17BrN2O2/c17-14-8-16(9-18)19(10-14)15(6-7-20)12-21-11-13-4-2-1-3-5-13/h1-5,8,10,15,20H,6-7,11-12H2/t15-/m0/s1. The molecule has 0 amide bonds. The quantitative estimate of drug-likeness (QED) is 0.835. The molecule has 1 aromatic heterocycles. The Bertz CT molecular complexity index is 604. The highest BCUT2D eigenvalue weighted by Gasteiger charge is 2.15. The number of nitrogens with zero attached hydrogens (tertiary/aromatic N) is 2. The zero-order chi connectivity index (χ0) is 15.1. The average Bonchev–Trinajstić information content (AvgIpc) is 2.88. The summed E-state index contributed by atoms with van der Waals surface area (Å²) in [6, 6.07) is 13.8. The Morgan fingerprint density at radius 1 is 1.33 bits per heavy atom. The number of benzene rings is 1. The predicted octanol–water partition coefficient (Wildman–Crippen LogP) is 3.26. The van der Waals surface area contributed by atoms with Crippen LogP contribution in [0.15, 0.2) is 47.1 Å². The fourth-order valence-electron chi connectivity index (χ4n) is 2.18. The van der Waals surface area contributed by atoms with Gasteiger partial charge in [-0.3, -0.25) is 0 Å². The molecule has 0 aliphatic rings. The molecule has 0 spiro atoms. The number of aromatic nitrogens is 1. The van der Waals surface area contributed by atoms with Gasteiger partial charge in [0.2, 0.25) is 0 Å². The second kappa shape index (κ2) is 7.99. The van der Waals surface area contributed by atoms with Gasteiger partial charge in [-0.15, -0.1) is 0 Å². The van der Waals surface area contributed by atoms with Crippen LogP contribution in [0.3, 0.4) is 0 Å². The van der Waals surface area contributed by atoms with Gasteiger partial charge in [0.25, 0.3) is 0 Å². The van der Waals surface area contributed by atoms with Crippen molar-refractivity contribution in [3.63, 3.8) is 0 Å². The molecule has 110 valence electrons. The molecule has 1 N–H and O–H groups in total. The van der Waals surface area contributed by atoms with Crippen molar-refractivity contribution >= 4 is 15.9 Å². The van der Waals surface area contributed by atoms with Gasteiger partial charge in [0.05, 0.1) is 19.3 Å². The van der Waals surface area contributed by atoms with Crippen LogP contribution < -0.4 is 0 Å². The molecular formula is C16H17BrN2O2. The van der Waals surface area contributed by atoms with Gasteiger partial charge in [-0.05, 0) is 34.0 Å². The first kappa shape index (κ1) is 15.8. The first-order valence-corrected chi connectivity index (χ1v) is 7.54. The second-order valence-corrected chi connectivity index (χ2v) is 5.65. The van der Waals surface area contributed by atoms with Crippen LogP contribution in [0.2, 0.25) is 0 Å². The summed E-state index contributed by atoms with van der Waals surface area (Å²) in [7, 11) is 0. The van der Waals surface area contributed by atoms with Gasteiger partial charge >= 0.3 is 0 Å². The second-order valence-electron chi connectivity index (χ2n) is 4.73. The summed E-state index contributed by atoms with van der Waals surface area (Å²) in [5.41, 5.74) is 1.66. The highest BCUT2D eigenvalue weighted by molar-refractivity contribution is 9.10. The van der Waals surface area contributed by atoms with E-state index in [2.05, 4.69) is 22.0 Å². The number of ether oxygens (including phenoxy) is 1. The summed E-state index contributed by atoms with van der Waals surface area (Å²) in [6.07, 6.45) is 2.40. The van der Waals surface area contributed by atoms with Crippen molar-refractivity contribution < 1.29 is 9.84 Å². The van der Waals surface area contributed by atoms with Crippen LogP contribution in [0.25, 0.3) is 0 Å². The molecule has 0 fully saturated rings. The van der Waals surface area contributed by atoms with E-state index in [0.717, 1.165) is 10.0 Å². The minimum absolute atomic E-state index is 0.0556. The van der Waals surface area contributed by atoms with Crippen LogP contribution in [0, 0.1) is 11.3 Å². The Hall–Kier alpha value is -1.61. The number of aliphatic hydroxyl groups is 1. The van der Waals surface area contributed by atoms with E-state index in [1.807, 2.05) is 41.1 Å². The van der Waals surface area contributed by atoms with Crippen molar-refractivity contribution in [3.05, 3.63) is 58.3 Å². The van der Waals surface area contributed by atoms with Crippen molar-refractivity contribution in [2.45, 2.75) is 19.1 Å². The molecule has 0 aliphatic heterocycles. The Morgan fingerprint density at radius 2 is 2.10 bits per heavy atom. The number of nitriles is 1. The molecule has 0 unspecified atom stereocenters. The molecule has 2 rings (SSSR count). The molecule has 0 aliphatic carbocycles. The minimum atomic E-state index is -0.0559. The van der Waals surface area contributed by atoms with Gasteiger partial charge in [-0.25, -0.2) is 0 Å².